The summed E-state index contributed by atoms with van der Waals surface area (Å²) in [5, 5.41) is 1.01. The van der Waals surface area contributed by atoms with Crippen molar-refractivity contribution in [3.05, 3.63) is 29.8 Å². The van der Waals surface area contributed by atoms with Crippen LogP contribution in [0.5, 0.6) is 0 Å². The second kappa shape index (κ2) is 4.62. The predicted molar refractivity (Wildman–Crippen MR) is 71.9 cm³/mol. The van der Waals surface area contributed by atoms with Crippen LogP contribution in [0.4, 0.5) is 5.82 Å². The fourth-order valence-corrected chi connectivity index (χ4v) is 2.22. The molecular weight excluding hydrogens is 212 g/mol. The molecule has 0 saturated heterocycles. The Balaban J connectivity index is 2.61. The van der Waals surface area contributed by atoms with Crippen LogP contribution in [0.15, 0.2) is 24.3 Å². The molecule has 1 aromatic carbocycles. The lowest BCUT2D eigenvalue weighted by Gasteiger charge is -2.17. The van der Waals surface area contributed by atoms with Gasteiger partial charge in [0.15, 0.2) is 5.78 Å². The van der Waals surface area contributed by atoms with E-state index in [1.165, 1.54) is 0 Å². The number of para-hydroxylation sites is 1. The van der Waals surface area contributed by atoms with Crippen LogP contribution in [-0.2, 0) is 0 Å². The number of nitrogens with zero attached hydrogens (tertiary/aromatic N) is 1. The third-order valence-corrected chi connectivity index (χ3v) is 2.98. The maximum atomic E-state index is 11.8. The number of benzene rings is 1. The van der Waals surface area contributed by atoms with Crippen molar-refractivity contribution in [2.75, 3.05) is 18.5 Å². The minimum atomic E-state index is 0.111. The van der Waals surface area contributed by atoms with E-state index in [2.05, 4.69) is 16.8 Å². The van der Waals surface area contributed by atoms with Crippen LogP contribution in [0.2, 0.25) is 0 Å². The van der Waals surface area contributed by atoms with Crippen LogP contribution < -0.4 is 4.90 Å². The summed E-state index contributed by atoms with van der Waals surface area (Å²) in [6, 6.07) is 7.94. The Hall–Kier alpha value is -1.77. The van der Waals surface area contributed by atoms with Crippen molar-refractivity contribution in [2.45, 2.75) is 20.3 Å². The second-order valence-electron chi connectivity index (χ2n) is 4.37. The third-order valence-electron chi connectivity index (χ3n) is 2.98. The van der Waals surface area contributed by atoms with Gasteiger partial charge < -0.3 is 9.88 Å². The molecule has 0 amide bonds. The summed E-state index contributed by atoms with van der Waals surface area (Å²) in [5.41, 5.74) is 1.83. The highest BCUT2D eigenvalue weighted by Crippen LogP contribution is 2.28. The molecule has 0 atom stereocenters. The number of carbonyl (C=O) groups is 1. The highest BCUT2D eigenvalue weighted by Gasteiger charge is 2.17. The van der Waals surface area contributed by atoms with Gasteiger partial charge in [0.2, 0.25) is 0 Å². The second-order valence-corrected chi connectivity index (χ2v) is 4.37. The summed E-state index contributed by atoms with van der Waals surface area (Å²) in [5.74, 6) is 1.04. The van der Waals surface area contributed by atoms with Crippen LogP contribution in [0, 0.1) is 0 Å². The van der Waals surface area contributed by atoms with E-state index in [-0.39, 0.29) is 5.78 Å². The van der Waals surface area contributed by atoms with Crippen molar-refractivity contribution in [1.29, 1.82) is 0 Å². The number of rotatable bonds is 4. The third kappa shape index (κ3) is 2.05. The average Bonchev–Trinajstić information content (AvgIpc) is 2.68. The van der Waals surface area contributed by atoms with Gasteiger partial charge in [0.1, 0.15) is 5.82 Å². The Bertz CT molecular complexity index is 542. The first-order valence-corrected chi connectivity index (χ1v) is 5.98. The van der Waals surface area contributed by atoms with Crippen molar-refractivity contribution < 1.29 is 4.79 Å². The molecule has 0 aliphatic heterocycles. The molecule has 0 aliphatic carbocycles. The molecule has 0 unspecified atom stereocenters. The molecule has 0 aliphatic rings. The first-order chi connectivity index (χ1) is 8.15. The van der Waals surface area contributed by atoms with Crippen LogP contribution in [-0.4, -0.2) is 24.4 Å². The number of carbonyl (C=O) groups excluding carboxylic acids is 1. The zero-order valence-corrected chi connectivity index (χ0v) is 10.6. The van der Waals surface area contributed by atoms with Crippen molar-refractivity contribution in [1.82, 2.24) is 4.98 Å². The van der Waals surface area contributed by atoms with Gasteiger partial charge in [0.25, 0.3) is 0 Å². The number of Topliss-reactive ketones (excluding diaryl/α,β-unsaturated/α-hetero) is 1. The van der Waals surface area contributed by atoms with E-state index < -0.39 is 0 Å². The SMILES string of the molecule is CCCN(C)c1[nH]c2ccccc2c1C(C)=O. The Kier molecular flexibility index (Phi) is 3.18. The molecule has 1 aromatic heterocycles. The van der Waals surface area contributed by atoms with Crippen molar-refractivity contribution in [3.8, 4) is 0 Å². The van der Waals surface area contributed by atoms with Gasteiger partial charge in [-0.15, -0.1) is 0 Å². The Labute approximate surface area is 101 Å². The standard InChI is InChI=1S/C14H18N2O/c1-4-9-16(3)14-13(10(2)17)11-7-5-6-8-12(11)15-14/h5-8,15H,4,9H2,1-3H3. The van der Waals surface area contributed by atoms with E-state index in [1.807, 2.05) is 31.3 Å². The van der Waals surface area contributed by atoms with Crippen molar-refractivity contribution in [3.63, 3.8) is 0 Å². The molecule has 2 rings (SSSR count). The van der Waals surface area contributed by atoms with E-state index in [0.29, 0.717) is 0 Å². The quantitative estimate of drug-likeness (QED) is 0.819. The maximum absolute atomic E-state index is 11.8. The number of anilines is 1. The van der Waals surface area contributed by atoms with Gasteiger partial charge in [0, 0.05) is 24.5 Å². The lowest BCUT2D eigenvalue weighted by atomic mass is 10.1. The van der Waals surface area contributed by atoms with Crippen molar-refractivity contribution in [2.24, 2.45) is 0 Å². The maximum Gasteiger partial charge on any atom is 0.164 e. The highest BCUT2D eigenvalue weighted by atomic mass is 16.1. The number of hydrogen-bond acceptors (Lipinski definition) is 2. The van der Waals surface area contributed by atoms with Gasteiger partial charge in [-0.3, -0.25) is 4.79 Å². The molecule has 90 valence electrons. The number of ketones is 1. The van der Waals surface area contributed by atoms with Crippen LogP contribution in [0.1, 0.15) is 30.6 Å². The minimum absolute atomic E-state index is 0.111. The molecule has 1 heterocycles. The van der Waals surface area contributed by atoms with Gasteiger partial charge in [0.05, 0.1) is 5.56 Å². The van der Waals surface area contributed by atoms with Crippen molar-refractivity contribution >= 4 is 22.5 Å². The molecule has 0 radical (unpaired) electrons. The summed E-state index contributed by atoms with van der Waals surface area (Å²) in [7, 11) is 2.01. The smallest absolute Gasteiger partial charge is 0.164 e. The fraction of sp³-hybridized carbons (Fsp3) is 0.357. The first kappa shape index (κ1) is 11.7. The Morgan fingerprint density at radius 3 is 2.71 bits per heavy atom. The number of aromatic amines is 1. The number of hydrogen-bond donors (Lipinski definition) is 1. The molecule has 3 heteroatoms. The molecule has 0 fully saturated rings. The Morgan fingerprint density at radius 1 is 1.35 bits per heavy atom. The van der Waals surface area contributed by atoms with Gasteiger partial charge >= 0.3 is 0 Å². The zero-order chi connectivity index (χ0) is 12.4. The topological polar surface area (TPSA) is 36.1 Å². The molecule has 0 spiro atoms. The van der Waals surface area contributed by atoms with E-state index in [9.17, 15) is 4.79 Å². The summed E-state index contributed by atoms with van der Waals surface area (Å²) >= 11 is 0. The lowest BCUT2D eigenvalue weighted by molar-refractivity contribution is 0.102. The van der Waals surface area contributed by atoms with Gasteiger partial charge in [-0.2, -0.15) is 0 Å². The summed E-state index contributed by atoms with van der Waals surface area (Å²) in [4.78, 5) is 17.2. The highest BCUT2D eigenvalue weighted by molar-refractivity contribution is 6.11. The number of aromatic nitrogens is 1. The summed E-state index contributed by atoms with van der Waals surface area (Å²) in [6.45, 7) is 4.69. The molecule has 0 saturated carbocycles. The van der Waals surface area contributed by atoms with Gasteiger partial charge in [-0.05, 0) is 19.4 Å². The monoisotopic (exact) mass is 230 g/mol. The first-order valence-electron chi connectivity index (χ1n) is 5.98. The summed E-state index contributed by atoms with van der Waals surface area (Å²) in [6.07, 6.45) is 1.06. The minimum Gasteiger partial charge on any atom is -0.361 e. The average molecular weight is 230 g/mol. The van der Waals surface area contributed by atoms with Gasteiger partial charge in [-0.1, -0.05) is 25.1 Å². The van der Waals surface area contributed by atoms with Gasteiger partial charge in [-0.25, -0.2) is 0 Å². The number of H-pyrrole nitrogens is 1. The zero-order valence-electron chi connectivity index (χ0n) is 10.6. The molecule has 1 N–H and O–H groups in total. The molecule has 17 heavy (non-hydrogen) atoms. The molecule has 3 nitrogen and oxygen atoms in total. The molecular formula is C14H18N2O. The van der Waals surface area contributed by atoms with Crippen LogP contribution >= 0.6 is 0 Å². The normalized spacial score (nSPS) is 10.8. The predicted octanol–water partition coefficient (Wildman–Crippen LogP) is 3.22. The number of fused-ring (bicyclic) bond motifs is 1. The van der Waals surface area contributed by atoms with E-state index in [4.69, 9.17) is 0 Å². The van der Waals surface area contributed by atoms with E-state index in [1.54, 1.807) is 6.92 Å². The summed E-state index contributed by atoms with van der Waals surface area (Å²) < 4.78 is 0. The van der Waals surface area contributed by atoms with E-state index >= 15 is 0 Å². The van der Waals surface area contributed by atoms with Crippen LogP contribution in [0.25, 0.3) is 10.9 Å². The largest absolute Gasteiger partial charge is 0.361 e. The molecule has 2 aromatic rings. The van der Waals surface area contributed by atoms with Crippen LogP contribution in [0.3, 0.4) is 0 Å². The number of nitrogens with one attached hydrogen (secondary N) is 1. The Morgan fingerprint density at radius 2 is 2.06 bits per heavy atom. The molecule has 0 bridgehead atoms. The fourth-order valence-electron chi connectivity index (χ4n) is 2.22. The van der Waals surface area contributed by atoms with E-state index in [0.717, 1.165) is 35.2 Å². The lowest BCUT2D eigenvalue weighted by Crippen LogP contribution is -2.20.